The predicted molar refractivity (Wildman–Crippen MR) is 62.3 cm³/mol. The monoisotopic (exact) mass is 320 g/mol. The van der Waals surface area contributed by atoms with Crippen molar-refractivity contribution in [2.45, 2.75) is 34.6 Å². The molecule has 1 rings (SSSR count). The average Bonchev–Trinajstić information content (AvgIpc) is 2.12. The second kappa shape index (κ2) is 3.83. The maximum absolute atomic E-state index is 6.18. The molecule has 0 heterocycles. The Morgan fingerprint density at radius 2 is 1.46 bits per heavy atom. The molecule has 0 bridgehead atoms. The molecular weight excluding hydrogens is 306 g/mol. The van der Waals surface area contributed by atoms with E-state index in [2.05, 4.69) is 34.6 Å². The molecule has 0 fully saturated rings. The van der Waals surface area contributed by atoms with Crippen LogP contribution in [0.4, 0.5) is 0 Å². The molecule has 0 N–H and O–H groups in total. The standard InChI is InChI=1S/C10H15.2ClH.In/c1-7-6-10(4,5)9(3)8(7)2;;;/h1-5H3;2*1H;/q;;;+2/p-2. The van der Waals surface area contributed by atoms with Crippen molar-refractivity contribution in [3.8, 4) is 0 Å². The van der Waals surface area contributed by atoms with Gasteiger partial charge in [0.2, 0.25) is 0 Å². The summed E-state index contributed by atoms with van der Waals surface area (Å²) >= 11 is -2.37. The molecule has 0 aromatic heterocycles. The molecule has 0 atom stereocenters. The van der Waals surface area contributed by atoms with Crippen LogP contribution in [0.3, 0.4) is 0 Å². The molecule has 1 aliphatic rings. The molecule has 0 aromatic rings. The van der Waals surface area contributed by atoms with Crippen LogP contribution in [0.15, 0.2) is 20.0 Å². The Morgan fingerprint density at radius 3 is 1.62 bits per heavy atom. The fourth-order valence-corrected chi connectivity index (χ4v) is 11.6. The molecule has 72 valence electrons. The van der Waals surface area contributed by atoms with E-state index in [0.717, 1.165) is 0 Å². The van der Waals surface area contributed by atoms with Crippen molar-refractivity contribution in [3.05, 3.63) is 20.0 Å². The molecule has 0 saturated carbocycles. The molecule has 13 heavy (non-hydrogen) atoms. The van der Waals surface area contributed by atoms with Crippen molar-refractivity contribution in [2.75, 3.05) is 0 Å². The van der Waals surface area contributed by atoms with Gasteiger partial charge >= 0.3 is 96.3 Å². The van der Waals surface area contributed by atoms with E-state index >= 15 is 0 Å². The SMILES string of the molecule is CC1=C(C)C(C)(C)[C]([In]([Cl])[Cl])=C1C. The topological polar surface area (TPSA) is 0 Å². The minimum atomic E-state index is -2.37. The van der Waals surface area contributed by atoms with Gasteiger partial charge in [-0.2, -0.15) is 0 Å². The second-order valence-corrected chi connectivity index (χ2v) is 14.9. The first-order valence-corrected chi connectivity index (χ1v) is 14.5. The van der Waals surface area contributed by atoms with Crippen LogP contribution < -0.4 is 0 Å². The van der Waals surface area contributed by atoms with Crippen LogP contribution in [0.25, 0.3) is 0 Å². The van der Waals surface area contributed by atoms with Crippen molar-refractivity contribution >= 4 is 36.2 Å². The molecule has 0 amide bonds. The Kier molecular flexibility index (Phi) is 3.53. The van der Waals surface area contributed by atoms with Gasteiger partial charge in [-0.15, -0.1) is 0 Å². The summed E-state index contributed by atoms with van der Waals surface area (Å²) < 4.78 is 1.37. The summed E-state index contributed by atoms with van der Waals surface area (Å²) in [4.78, 5) is 0. The van der Waals surface area contributed by atoms with Crippen LogP contribution >= 0.6 is 17.2 Å². The predicted octanol–water partition coefficient (Wildman–Crippen LogP) is 4.18. The van der Waals surface area contributed by atoms with Gasteiger partial charge in [-0.1, -0.05) is 0 Å². The number of halogens is 2. The quantitative estimate of drug-likeness (QED) is 0.680. The molecule has 0 nitrogen and oxygen atoms in total. The van der Waals surface area contributed by atoms with Crippen molar-refractivity contribution in [2.24, 2.45) is 5.41 Å². The first-order valence-electron chi connectivity index (χ1n) is 4.48. The zero-order valence-electron chi connectivity index (χ0n) is 8.83. The summed E-state index contributed by atoms with van der Waals surface area (Å²) in [6, 6.07) is 0. The molecule has 0 spiro atoms. The second-order valence-electron chi connectivity index (χ2n) is 4.21. The molecule has 0 unspecified atom stereocenters. The number of hydrogen-bond acceptors (Lipinski definition) is 0. The maximum atomic E-state index is 6.18. The van der Waals surface area contributed by atoms with E-state index in [-0.39, 0.29) is 5.41 Å². The fourth-order valence-electron chi connectivity index (χ4n) is 2.06. The van der Waals surface area contributed by atoms with Crippen LogP contribution in [0.2, 0.25) is 0 Å². The van der Waals surface area contributed by atoms with E-state index in [9.17, 15) is 0 Å². The van der Waals surface area contributed by atoms with Crippen LogP contribution in [0.5, 0.6) is 0 Å². The third-order valence-corrected chi connectivity index (χ3v) is 10.8. The van der Waals surface area contributed by atoms with E-state index in [1.54, 1.807) is 0 Å². The first kappa shape index (κ1) is 12.0. The zero-order chi connectivity index (χ0) is 10.4. The van der Waals surface area contributed by atoms with E-state index in [1.165, 1.54) is 20.0 Å². The van der Waals surface area contributed by atoms with Crippen molar-refractivity contribution < 1.29 is 0 Å². The molecule has 0 saturated heterocycles. The van der Waals surface area contributed by atoms with Crippen molar-refractivity contribution in [1.29, 1.82) is 0 Å². The van der Waals surface area contributed by atoms with E-state index in [1.807, 2.05) is 0 Å². The summed E-state index contributed by atoms with van der Waals surface area (Å²) in [5.41, 5.74) is 4.30. The van der Waals surface area contributed by atoms with Crippen LogP contribution in [0, 0.1) is 5.41 Å². The van der Waals surface area contributed by atoms with Crippen molar-refractivity contribution in [1.82, 2.24) is 0 Å². The molecular formula is C10H15Cl2In. The van der Waals surface area contributed by atoms with Gasteiger partial charge in [0.05, 0.1) is 0 Å². The van der Waals surface area contributed by atoms with Gasteiger partial charge < -0.3 is 0 Å². The average molecular weight is 321 g/mol. The Balaban J connectivity index is 3.28. The van der Waals surface area contributed by atoms with Gasteiger partial charge in [0.15, 0.2) is 0 Å². The number of allylic oxidation sites excluding steroid dienone is 4. The van der Waals surface area contributed by atoms with E-state index in [4.69, 9.17) is 17.2 Å². The first-order chi connectivity index (χ1) is 5.80. The third-order valence-electron chi connectivity index (χ3n) is 3.36. The number of hydrogen-bond donors (Lipinski definition) is 0. The summed E-state index contributed by atoms with van der Waals surface area (Å²) in [5, 5.41) is 0. The number of rotatable bonds is 1. The van der Waals surface area contributed by atoms with Gasteiger partial charge in [0.25, 0.3) is 0 Å². The van der Waals surface area contributed by atoms with E-state index in [0.29, 0.717) is 0 Å². The van der Waals surface area contributed by atoms with E-state index < -0.39 is 19.1 Å². The molecule has 1 aliphatic carbocycles. The van der Waals surface area contributed by atoms with Crippen LogP contribution in [-0.4, -0.2) is 19.1 Å². The minimum absolute atomic E-state index is 0.123. The summed E-state index contributed by atoms with van der Waals surface area (Å²) in [6.45, 7) is 11.0. The fraction of sp³-hybridized carbons (Fsp3) is 0.600. The summed E-state index contributed by atoms with van der Waals surface area (Å²) in [7, 11) is 12.4. The summed E-state index contributed by atoms with van der Waals surface area (Å²) in [6.07, 6.45) is 0. The Bertz CT molecular complexity index is 298. The van der Waals surface area contributed by atoms with Crippen molar-refractivity contribution in [3.63, 3.8) is 0 Å². The third kappa shape index (κ3) is 1.85. The van der Waals surface area contributed by atoms with Gasteiger partial charge in [-0.25, -0.2) is 0 Å². The molecule has 0 radical (unpaired) electrons. The van der Waals surface area contributed by atoms with Crippen LogP contribution in [0.1, 0.15) is 34.6 Å². The summed E-state index contributed by atoms with van der Waals surface area (Å²) in [5.74, 6) is 0. The van der Waals surface area contributed by atoms with Gasteiger partial charge in [-0.3, -0.25) is 0 Å². The van der Waals surface area contributed by atoms with Gasteiger partial charge in [-0.05, 0) is 0 Å². The van der Waals surface area contributed by atoms with Gasteiger partial charge in [0.1, 0.15) is 0 Å². The molecule has 0 aliphatic heterocycles. The Morgan fingerprint density at radius 1 is 1.00 bits per heavy atom. The normalized spacial score (nSPS) is 21.5. The molecule has 3 heteroatoms. The molecule has 0 aromatic carbocycles. The van der Waals surface area contributed by atoms with Crippen LogP contribution in [-0.2, 0) is 0 Å². The zero-order valence-corrected chi connectivity index (χ0v) is 13.6. The van der Waals surface area contributed by atoms with Gasteiger partial charge in [0, 0.05) is 0 Å². The Labute approximate surface area is 95.7 Å². The Hall–Kier alpha value is 0.930.